The molecule has 2 aliphatic rings. The van der Waals surface area contributed by atoms with Gasteiger partial charge in [-0.25, -0.2) is 0 Å². The van der Waals surface area contributed by atoms with Crippen molar-refractivity contribution in [3.05, 3.63) is 12.7 Å². The van der Waals surface area contributed by atoms with Crippen molar-refractivity contribution in [2.75, 3.05) is 13.9 Å². The highest BCUT2D eigenvalue weighted by molar-refractivity contribution is 5.24. The molecule has 12 heavy (non-hydrogen) atoms. The van der Waals surface area contributed by atoms with Crippen LogP contribution in [0, 0.1) is 11.8 Å². The summed E-state index contributed by atoms with van der Waals surface area (Å²) in [6.45, 7) is 4.25. The molecule has 0 saturated heterocycles. The summed E-state index contributed by atoms with van der Waals surface area (Å²) >= 11 is 0. The van der Waals surface area contributed by atoms with Crippen molar-refractivity contribution < 1.29 is 9.47 Å². The highest BCUT2D eigenvalue weighted by Crippen LogP contribution is 2.63. The van der Waals surface area contributed by atoms with E-state index in [0.29, 0.717) is 6.79 Å². The van der Waals surface area contributed by atoms with Gasteiger partial charge in [-0.2, -0.15) is 0 Å². The van der Waals surface area contributed by atoms with E-state index in [2.05, 4.69) is 6.58 Å². The molecule has 2 saturated carbocycles. The molecule has 0 heterocycles. The van der Waals surface area contributed by atoms with Crippen LogP contribution in [-0.4, -0.2) is 19.5 Å². The molecule has 68 valence electrons. The number of hydrogen-bond acceptors (Lipinski definition) is 2. The second-order valence-electron chi connectivity index (χ2n) is 3.75. The Morgan fingerprint density at radius 2 is 2.17 bits per heavy atom. The Hall–Kier alpha value is -0.340. The van der Waals surface area contributed by atoms with Gasteiger partial charge >= 0.3 is 0 Å². The molecule has 0 aromatic carbocycles. The molecule has 0 bridgehead atoms. The maximum absolute atomic E-state index is 5.67. The van der Waals surface area contributed by atoms with E-state index in [1.807, 2.05) is 6.08 Å². The normalized spacial score (nSPS) is 44.1. The summed E-state index contributed by atoms with van der Waals surface area (Å²) in [4.78, 5) is 0. The first-order valence-corrected chi connectivity index (χ1v) is 4.61. The lowest BCUT2D eigenvalue weighted by atomic mass is 10.1. The van der Waals surface area contributed by atoms with Crippen LogP contribution in [0.1, 0.15) is 19.3 Å². The molecule has 2 nitrogen and oxygen atoms in total. The zero-order valence-electron chi connectivity index (χ0n) is 7.58. The number of fused-ring (bicyclic) bond motifs is 1. The third-order valence-corrected chi connectivity index (χ3v) is 3.31. The van der Waals surface area contributed by atoms with Gasteiger partial charge in [0.1, 0.15) is 6.79 Å². The molecule has 1 unspecified atom stereocenters. The Balaban J connectivity index is 1.95. The van der Waals surface area contributed by atoms with Crippen molar-refractivity contribution in [3.63, 3.8) is 0 Å². The van der Waals surface area contributed by atoms with E-state index in [9.17, 15) is 0 Å². The molecular weight excluding hydrogens is 152 g/mol. The second-order valence-corrected chi connectivity index (χ2v) is 3.75. The average molecular weight is 168 g/mol. The predicted octanol–water partition coefficient (Wildman–Crippen LogP) is 1.96. The van der Waals surface area contributed by atoms with Crippen LogP contribution >= 0.6 is 0 Å². The number of rotatable bonds is 4. The second kappa shape index (κ2) is 2.86. The van der Waals surface area contributed by atoms with Crippen LogP contribution in [0.3, 0.4) is 0 Å². The largest absolute Gasteiger partial charge is 0.359 e. The SMILES string of the molecule is C=CC1(OCOC)[C@@H]2CCC[C@@H]21. The Morgan fingerprint density at radius 1 is 1.50 bits per heavy atom. The molecule has 0 aliphatic heterocycles. The van der Waals surface area contributed by atoms with E-state index in [4.69, 9.17) is 9.47 Å². The van der Waals surface area contributed by atoms with Gasteiger partial charge in [0.05, 0.1) is 5.60 Å². The van der Waals surface area contributed by atoms with Crippen LogP contribution in [-0.2, 0) is 9.47 Å². The van der Waals surface area contributed by atoms with E-state index in [0.717, 1.165) is 11.8 Å². The third-order valence-electron chi connectivity index (χ3n) is 3.31. The minimum Gasteiger partial charge on any atom is -0.359 e. The zero-order valence-corrected chi connectivity index (χ0v) is 7.58. The minimum atomic E-state index is -0.00569. The molecule has 0 aromatic rings. The van der Waals surface area contributed by atoms with Crippen molar-refractivity contribution >= 4 is 0 Å². The molecule has 2 fully saturated rings. The van der Waals surface area contributed by atoms with Crippen LogP contribution in [0.5, 0.6) is 0 Å². The van der Waals surface area contributed by atoms with Crippen molar-refractivity contribution in [1.82, 2.24) is 0 Å². The van der Waals surface area contributed by atoms with Crippen molar-refractivity contribution in [2.45, 2.75) is 24.9 Å². The molecule has 2 rings (SSSR count). The van der Waals surface area contributed by atoms with Gasteiger partial charge < -0.3 is 9.47 Å². The summed E-state index contributed by atoms with van der Waals surface area (Å²) in [5, 5.41) is 0. The Kier molecular flexibility index (Phi) is 1.97. The van der Waals surface area contributed by atoms with E-state index in [-0.39, 0.29) is 5.60 Å². The maximum atomic E-state index is 5.67. The monoisotopic (exact) mass is 168 g/mol. The van der Waals surface area contributed by atoms with E-state index < -0.39 is 0 Å². The number of ether oxygens (including phenoxy) is 2. The minimum absolute atomic E-state index is 0.00569. The van der Waals surface area contributed by atoms with Crippen molar-refractivity contribution in [3.8, 4) is 0 Å². The summed E-state index contributed by atoms with van der Waals surface area (Å²) < 4.78 is 10.6. The van der Waals surface area contributed by atoms with Gasteiger partial charge in [0.25, 0.3) is 0 Å². The molecule has 2 heteroatoms. The third kappa shape index (κ3) is 0.947. The molecule has 0 spiro atoms. The maximum Gasteiger partial charge on any atom is 0.147 e. The van der Waals surface area contributed by atoms with Crippen LogP contribution in [0.25, 0.3) is 0 Å². The highest BCUT2D eigenvalue weighted by atomic mass is 16.7. The molecule has 0 aromatic heterocycles. The van der Waals surface area contributed by atoms with Gasteiger partial charge in [0.15, 0.2) is 0 Å². The molecule has 3 atom stereocenters. The van der Waals surface area contributed by atoms with E-state index in [1.54, 1.807) is 7.11 Å². The number of hydrogen-bond donors (Lipinski definition) is 0. The summed E-state index contributed by atoms with van der Waals surface area (Å²) in [6.07, 6.45) is 5.95. The Bertz CT molecular complexity index is 178. The quantitative estimate of drug-likeness (QED) is 0.472. The lowest BCUT2D eigenvalue weighted by molar-refractivity contribution is -0.0795. The summed E-state index contributed by atoms with van der Waals surface area (Å²) in [7, 11) is 1.66. The van der Waals surface area contributed by atoms with E-state index >= 15 is 0 Å². The zero-order chi connectivity index (χ0) is 8.60. The van der Waals surface area contributed by atoms with Gasteiger partial charge in [0, 0.05) is 7.11 Å². The van der Waals surface area contributed by atoms with Gasteiger partial charge in [-0.15, -0.1) is 6.58 Å². The first-order valence-electron chi connectivity index (χ1n) is 4.61. The van der Waals surface area contributed by atoms with Crippen LogP contribution in [0.4, 0.5) is 0 Å². The average Bonchev–Trinajstić information content (AvgIpc) is 2.51. The van der Waals surface area contributed by atoms with Crippen molar-refractivity contribution in [1.29, 1.82) is 0 Å². The molecular formula is C10H16O2. The van der Waals surface area contributed by atoms with Crippen LogP contribution < -0.4 is 0 Å². The van der Waals surface area contributed by atoms with Crippen LogP contribution in [0.2, 0.25) is 0 Å². The van der Waals surface area contributed by atoms with Gasteiger partial charge in [0.2, 0.25) is 0 Å². The van der Waals surface area contributed by atoms with Gasteiger partial charge in [-0.05, 0) is 24.7 Å². The lowest BCUT2D eigenvalue weighted by Gasteiger charge is -2.16. The van der Waals surface area contributed by atoms with Gasteiger partial charge in [-0.3, -0.25) is 0 Å². The number of methoxy groups -OCH3 is 1. The molecule has 0 N–H and O–H groups in total. The summed E-state index contributed by atoms with van der Waals surface area (Å²) in [5.41, 5.74) is -0.00569. The summed E-state index contributed by atoms with van der Waals surface area (Å²) in [6, 6.07) is 0. The Labute approximate surface area is 73.5 Å². The fourth-order valence-electron chi connectivity index (χ4n) is 2.68. The smallest absolute Gasteiger partial charge is 0.147 e. The highest BCUT2D eigenvalue weighted by Gasteiger charge is 2.65. The molecule has 0 amide bonds. The van der Waals surface area contributed by atoms with E-state index in [1.165, 1.54) is 19.3 Å². The first-order chi connectivity index (χ1) is 5.85. The standard InChI is InChI=1S/C10H16O2/c1-3-10(12-7-11-2)8-5-4-6-9(8)10/h3,8-9H,1,4-7H2,2H3/t8-,9+,10?. The fourth-order valence-corrected chi connectivity index (χ4v) is 2.68. The Morgan fingerprint density at radius 3 is 2.67 bits per heavy atom. The van der Waals surface area contributed by atoms with Crippen LogP contribution in [0.15, 0.2) is 12.7 Å². The van der Waals surface area contributed by atoms with Crippen molar-refractivity contribution in [2.24, 2.45) is 11.8 Å². The predicted molar refractivity (Wildman–Crippen MR) is 46.7 cm³/mol. The molecule has 2 aliphatic carbocycles. The lowest BCUT2D eigenvalue weighted by Crippen LogP contribution is -2.19. The van der Waals surface area contributed by atoms with Gasteiger partial charge in [-0.1, -0.05) is 12.5 Å². The topological polar surface area (TPSA) is 18.5 Å². The fraction of sp³-hybridized carbons (Fsp3) is 0.800. The first kappa shape index (κ1) is 8.27. The summed E-state index contributed by atoms with van der Waals surface area (Å²) in [5.74, 6) is 1.48. The molecule has 0 radical (unpaired) electrons.